The lowest BCUT2D eigenvalue weighted by Gasteiger charge is -2.21. The molecule has 0 aliphatic carbocycles. The van der Waals surface area contributed by atoms with E-state index in [1.54, 1.807) is 36.4 Å². The molecule has 3 aromatic carbocycles. The Labute approximate surface area is 235 Å². The van der Waals surface area contributed by atoms with E-state index in [0.29, 0.717) is 40.4 Å². The minimum absolute atomic E-state index is 0.101. The third-order valence-corrected chi connectivity index (χ3v) is 6.42. The van der Waals surface area contributed by atoms with Crippen LogP contribution in [0.2, 0.25) is 0 Å². The van der Waals surface area contributed by atoms with Crippen LogP contribution in [0.1, 0.15) is 13.8 Å². The molecule has 0 fully saturated rings. The Balaban J connectivity index is 2.24. The molecular formula is C28H32O10S2. The number of rotatable bonds is 12. The summed E-state index contributed by atoms with van der Waals surface area (Å²) in [6.07, 6.45) is 3.80. The van der Waals surface area contributed by atoms with E-state index in [9.17, 15) is 16.8 Å². The second-order valence-corrected chi connectivity index (χ2v) is 12.1. The largest absolute Gasteiger partial charge is 0.496 e. The fraction of sp³-hybridized carbons (Fsp3) is 0.286. The van der Waals surface area contributed by atoms with E-state index in [0.717, 1.165) is 18.1 Å². The Bertz CT molecular complexity index is 1600. The van der Waals surface area contributed by atoms with Gasteiger partial charge in [0.05, 0.1) is 39.4 Å². The topological polar surface area (TPSA) is 124 Å². The molecule has 3 rings (SSSR count). The molecule has 0 saturated carbocycles. The minimum Gasteiger partial charge on any atom is -0.496 e. The standard InChI is InChI=1S/C28H32O10S2/c1-18(2)14-15-36-23-13-10-20(16-24(23)33-3)26-25(34-4)17-22(27(35-5)28(26)38-40(7,31)32)19-8-11-21(12-9-19)37-39(6,29)30/h8-14,16-17H,15H2,1-7H3. The molecule has 0 unspecified atom stereocenters. The van der Waals surface area contributed by atoms with Gasteiger partial charge in [-0.1, -0.05) is 23.8 Å². The minimum atomic E-state index is -4.02. The molecule has 0 spiro atoms. The maximum Gasteiger partial charge on any atom is 0.306 e. The zero-order chi connectivity index (χ0) is 29.7. The van der Waals surface area contributed by atoms with Crippen LogP contribution in [0.3, 0.4) is 0 Å². The van der Waals surface area contributed by atoms with Crippen molar-refractivity contribution in [2.24, 2.45) is 0 Å². The van der Waals surface area contributed by atoms with E-state index < -0.39 is 20.2 Å². The molecule has 0 radical (unpaired) electrons. The third-order valence-electron chi connectivity index (χ3n) is 5.45. The first-order valence-corrected chi connectivity index (χ1v) is 15.5. The number of ether oxygens (including phenoxy) is 4. The van der Waals surface area contributed by atoms with Crippen molar-refractivity contribution in [1.29, 1.82) is 0 Å². The van der Waals surface area contributed by atoms with E-state index in [4.69, 9.17) is 27.3 Å². The van der Waals surface area contributed by atoms with Crippen molar-refractivity contribution in [2.75, 3.05) is 40.4 Å². The van der Waals surface area contributed by atoms with E-state index in [2.05, 4.69) is 0 Å². The second kappa shape index (κ2) is 12.5. The van der Waals surface area contributed by atoms with Crippen molar-refractivity contribution in [3.05, 3.63) is 60.2 Å². The Hall–Kier alpha value is -3.90. The normalized spacial score (nSPS) is 11.4. The highest BCUT2D eigenvalue weighted by molar-refractivity contribution is 7.86. The molecule has 0 saturated heterocycles. The van der Waals surface area contributed by atoms with Gasteiger partial charge in [0, 0.05) is 5.56 Å². The Kier molecular flexibility index (Phi) is 9.59. The Morgan fingerprint density at radius 3 is 1.82 bits per heavy atom. The highest BCUT2D eigenvalue weighted by Crippen LogP contribution is 2.51. The molecule has 216 valence electrons. The molecule has 0 aromatic heterocycles. The summed E-state index contributed by atoms with van der Waals surface area (Å²) in [4.78, 5) is 0. The SMILES string of the molecule is COc1cc(-c2c(OC)cc(-c3ccc(OS(C)(=O)=O)cc3)c(OC)c2OS(C)(=O)=O)ccc1OCC=C(C)C. The average molecular weight is 593 g/mol. The predicted molar refractivity (Wildman–Crippen MR) is 153 cm³/mol. The smallest absolute Gasteiger partial charge is 0.306 e. The zero-order valence-corrected chi connectivity index (χ0v) is 24.9. The van der Waals surface area contributed by atoms with Crippen molar-refractivity contribution in [1.82, 2.24) is 0 Å². The number of benzene rings is 3. The first-order valence-electron chi connectivity index (χ1n) is 11.9. The summed E-state index contributed by atoms with van der Waals surface area (Å²) < 4.78 is 80.9. The molecule has 0 heterocycles. The van der Waals surface area contributed by atoms with Crippen LogP contribution in [-0.4, -0.2) is 57.3 Å². The van der Waals surface area contributed by atoms with Crippen molar-refractivity contribution in [3.63, 3.8) is 0 Å². The van der Waals surface area contributed by atoms with Crippen molar-refractivity contribution < 1.29 is 44.1 Å². The summed E-state index contributed by atoms with van der Waals surface area (Å²) >= 11 is 0. The van der Waals surface area contributed by atoms with Crippen molar-refractivity contribution >= 4 is 20.2 Å². The predicted octanol–water partition coefficient (Wildman–Crippen LogP) is 5.07. The van der Waals surface area contributed by atoms with Crippen molar-refractivity contribution in [3.8, 4) is 56.8 Å². The van der Waals surface area contributed by atoms with Crippen molar-refractivity contribution in [2.45, 2.75) is 13.8 Å². The van der Waals surface area contributed by atoms with Crippen LogP contribution < -0.4 is 27.3 Å². The summed E-state index contributed by atoms with van der Waals surface area (Å²) in [5.41, 5.74) is 2.92. The molecule has 0 bridgehead atoms. The fourth-order valence-corrected chi connectivity index (χ4v) is 4.73. The summed E-state index contributed by atoms with van der Waals surface area (Å²) in [7, 11) is -3.41. The number of allylic oxidation sites excluding steroid dienone is 1. The number of hydrogen-bond donors (Lipinski definition) is 0. The molecule has 0 amide bonds. The second-order valence-electron chi connectivity index (χ2n) is 8.92. The fourth-order valence-electron chi connectivity index (χ4n) is 3.80. The van der Waals surface area contributed by atoms with E-state index >= 15 is 0 Å². The van der Waals surface area contributed by atoms with Crippen LogP contribution in [0.15, 0.2) is 60.2 Å². The molecular weight excluding hydrogens is 560 g/mol. The van der Waals surface area contributed by atoms with Crippen LogP contribution in [0.5, 0.6) is 34.5 Å². The van der Waals surface area contributed by atoms with Gasteiger partial charge in [0.1, 0.15) is 18.1 Å². The van der Waals surface area contributed by atoms with E-state index in [1.807, 2.05) is 19.9 Å². The summed E-state index contributed by atoms with van der Waals surface area (Å²) in [5.74, 6) is 1.31. The maximum absolute atomic E-state index is 12.4. The highest BCUT2D eigenvalue weighted by atomic mass is 32.2. The lowest BCUT2D eigenvalue weighted by Crippen LogP contribution is -2.09. The molecule has 0 N–H and O–H groups in total. The van der Waals surface area contributed by atoms with Crippen LogP contribution >= 0.6 is 0 Å². The summed E-state index contributed by atoms with van der Waals surface area (Å²) in [6, 6.07) is 12.9. The number of hydrogen-bond acceptors (Lipinski definition) is 10. The highest BCUT2D eigenvalue weighted by Gasteiger charge is 2.27. The van der Waals surface area contributed by atoms with Crippen LogP contribution in [0.25, 0.3) is 22.3 Å². The van der Waals surface area contributed by atoms with Gasteiger partial charge in [-0.25, -0.2) is 0 Å². The quantitative estimate of drug-likeness (QED) is 0.208. The Morgan fingerprint density at radius 1 is 0.700 bits per heavy atom. The summed E-state index contributed by atoms with van der Waals surface area (Å²) in [5, 5.41) is 0. The van der Waals surface area contributed by atoms with E-state index in [-0.39, 0.29) is 23.0 Å². The first-order chi connectivity index (χ1) is 18.8. The maximum atomic E-state index is 12.4. The van der Waals surface area contributed by atoms with Crippen LogP contribution in [-0.2, 0) is 20.2 Å². The molecule has 10 nitrogen and oxygen atoms in total. The number of methoxy groups -OCH3 is 3. The molecule has 3 aromatic rings. The Morgan fingerprint density at radius 2 is 1.30 bits per heavy atom. The van der Waals surface area contributed by atoms with Gasteiger partial charge >= 0.3 is 20.2 Å². The average Bonchev–Trinajstić information content (AvgIpc) is 2.86. The first kappa shape index (κ1) is 30.6. The van der Waals surface area contributed by atoms with Gasteiger partial charge in [0.15, 0.2) is 23.0 Å². The van der Waals surface area contributed by atoms with Gasteiger partial charge in [0.25, 0.3) is 0 Å². The molecule has 40 heavy (non-hydrogen) atoms. The molecule has 0 aliphatic rings. The lowest BCUT2D eigenvalue weighted by atomic mass is 9.96. The van der Waals surface area contributed by atoms with Crippen LogP contribution in [0, 0.1) is 0 Å². The van der Waals surface area contributed by atoms with Gasteiger partial charge < -0.3 is 27.3 Å². The van der Waals surface area contributed by atoms with Gasteiger partial charge in [-0.05, 0) is 61.4 Å². The van der Waals surface area contributed by atoms with E-state index in [1.165, 1.54) is 33.5 Å². The van der Waals surface area contributed by atoms with Gasteiger partial charge in [-0.2, -0.15) is 16.8 Å². The summed E-state index contributed by atoms with van der Waals surface area (Å²) in [6.45, 7) is 4.28. The van der Waals surface area contributed by atoms with Gasteiger partial charge in [-0.3, -0.25) is 0 Å². The van der Waals surface area contributed by atoms with Crippen LogP contribution in [0.4, 0.5) is 0 Å². The van der Waals surface area contributed by atoms with Gasteiger partial charge in [-0.15, -0.1) is 0 Å². The molecule has 12 heteroatoms. The zero-order valence-electron chi connectivity index (χ0n) is 23.3. The lowest BCUT2D eigenvalue weighted by molar-refractivity contribution is 0.326. The third kappa shape index (κ3) is 7.82. The molecule has 0 aliphatic heterocycles. The monoisotopic (exact) mass is 592 g/mol. The van der Waals surface area contributed by atoms with Gasteiger partial charge in [0.2, 0.25) is 0 Å². The molecule has 0 atom stereocenters.